The summed E-state index contributed by atoms with van der Waals surface area (Å²) in [6, 6.07) is 14.6. The molecular weight excluding hydrogens is 444 g/mol. The largest absolute Gasteiger partial charge is 0.481 e. The topological polar surface area (TPSA) is 103 Å². The van der Waals surface area contributed by atoms with Gasteiger partial charge >= 0.3 is 0 Å². The third-order valence-electron chi connectivity index (χ3n) is 5.38. The van der Waals surface area contributed by atoms with Crippen LogP contribution in [0.1, 0.15) is 27.2 Å². The van der Waals surface area contributed by atoms with Crippen molar-refractivity contribution >= 4 is 17.4 Å². The van der Waals surface area contributed by atoms with E-state index in [0.29, 0.717) is 35.4 Å². The molecule has 178 valence electrons. The summed E-state index contributed by atoms with van der Waals surface area (Å²) in [5, 5.41) is 10.1. The summed E-state index contributed by atoms with van der Waals surface area (Å²) in [6.07, 6.45) is 4.91. The van der Waals surface area contributed by atoms with Crippen molar-refractivity contribution in [1.29, 1.82) is 0 Å². The lowest BCUT2D eigenvalue weighted by atomic mass is 10.1. The quantitative estimate of drug-likeness (QED) is 0.375. The number of carbonyl (C=O) groups excluding carboxylic acids is 1. The van der Waals surface area contributed by atoms with E-state index in [1.54, 1.807) is 50.9 Å². The van der Waals surface area contributed by atoms with E-state index in [9.17, 15) is 4.79 Å². The Morgan fingerprint density at radius 3 is 2.69 bits per heavy atom. The first-order valence-electron chi connectivity index (χ1n) is 10.9. The summed E-state index contributed by atoms with van der Waals surface area (Å²) in [5.41, 5.74) is 4.06. The molecule has 35 heavy (non-hydrogen) atoms. The molecule has 4 aromatic rings. The van der Waals surface area contributed by atoms with E-state index in [0.717, 1.165) is 22.4 Å². The first kappa shape index (κ1) is 23.5. The number of aryl methyl sites for hydroxylation is 1. The van der Waals surface area contributed by atoms with Crippen LogP contribution >= 0.6 is 0 Å². The molecule has 9 nitrogen and oxygen atoms in total. The number of nitrogens with one attached hydrogen (secondary N) is 2. The third kappa shape index (κ3) is 5.64. The van der Waals surface area contributed by atoms with Crippen molar-refractivity contribution in [3.05, 3.63) is 96.1 Å². The van der Waals surface area contributed by atoms with Gasteiger partial charge in [0, 0.05) is 61.1 Å². The normalized spacial score (nSPS) is 10.5. The van der Waals surface area contributed by atoms with Crippen LogP contribution in [-0.4, -0.2) is 32.8 Å². The molecule has 0 aliphatic rings. The highest BCUT2D eigenvalue weighted by Crippen LogP contribution is 2.30. The van der Waals surface area contributed by atoms with E-state index in [1.165, 1.54) is 4.68 Å². The van der Waals surface area contributed by atoms with Gasteiger partial charge in [0.25, 0.3) is 5.91 Å². The first-order chi connectivity index (χ1) is 16.9. The molecule has 3 heterocycles. The number of anilines is 1. The zero-order chi connectivity index (χ0) is 24.8. The van der Waals surface area contributed by atoms with Gasteiger partial charge in [-0.1, -0.05) is 24.8 Å². The Bertz CT molecular complexity index is 1350. The number of benzene rings is 1. The second kappa shape index (κ2) is 10.5. The fourth-order valence-corrected chi connectivity index (χ4v) is 3.44. The lowest BCUT2D eigenvalue weighted by Crippen LogP contribution is -2.16. The number of amides is 1. The van der Waals surface area contributed by atoms with Crippen molar-refractivity contribution in [2.45, 2.75) is 13.5 Å². The van der Waals surface area contributed by atoms with Crippen LogP contribution in [0.2, 0.25) is 0 Å². The molecule has 0 saturated heterocycles. The Hall–Kier alpha value is -4.66. The molecule has 0 bridgehead atoms. The van der Waals surface area contributed by atoms with E-state index in [1.807, 2.05) is 37.3 Å². The summed E-state index contributed by atoms with van der Waals surface area (Å²) in [4.78, 5) is 20.9. The minimum absolute atomic E-state index is 0.303. The summed E-state index contributed by atoms with van der Waals surface area (Å²) in [6.45, 7) is 6.73. The van der Waals surface area contributed by atoms with Crippen LogP contribution in [0, 0.1) is 6.92 Å². The number of hydrogen-bond acceptors (Lipinski definition) is 7. The Morgan fingerprint density at radius 2 is 1.97 bits per heavy atom. The van der Waals surface area contributed by atoms with Crippen molar-refractivity contribution in [3.63, 3.8) is 0 Å². The zero-order valence-corrected chi connectivity index (χ0v) is 19.8. The van der Waals surface area contributed by atoms with E-state index >= 15 is 0 Å². The summed E-state index contributed by atoms with van der Waals surface area (Å²) in [5.74, 6) is 1.86. The molecule has 3 aromatic heterocycles. The number of rotatable bonds is 9. The average Bonchev–Trinajstić information content (AvgIpc) is 3.30. The van der Waals surface area contributed by atoms with Crippen LogP contribution in [0.15, 0.2) is 73.7 Å². The molecule has 9 heteroatoms. The Morgan fingerprint density at radius 1 is 1.11 bits per heavy atom. The number of methoxy groups -OCH3 is 1. The van der Waals surface area contributed by atoms with Crippen molar-refractivity contribution < 1.29 is 14.3 Å². The fourth-order valence-electron chi connectivity index (χ4n) is 3.44. The molecule has 1 amide bonds. The van der Waals surface area contributed by atoms with Gasteiger partial charge in [0.1, 0.15) is 23.0 Å². The highest BCUT2D eigenvalue weighted by atomic mass is 16.5. The minimum atomic E-state index is -0.303. The SMILES string of the molecule is C=C(NCc1ccc(OC)nc1)c1cccc(Oc2ccnc(NC(=O)c3ccnn3C)c2)c1C. The van der Waals surface area contributed by atoms with Gasteiger partial charge in [-0.05, 0) is 30.7 Å². The number of carbonyl (C=O) groups is 1. The second-order valence-electron chi connectivity index (χ2n) is 7.74. The average molecular weight is 471 g/mol. The lowest BCUT2D eigenvalue weighted by molar-refractivity contribution is 0.101. The van der Waals surface area contributed by atoms with E-state index in [4.69, 9.17) is 9.47 Å². The Kier molecular flexibility index (Phi) is 7.06. The van der Waals surface area contributed by atoms with E-state index in [-0.39, 0.29) is 5.91 Å². The second-order valence-corrected chi connectivity index (χ2v) is 7.74. The minimum Gasteiger partial charge on any atom is -0.481 e. The van der Waals surface area contributed by atoms with E-state index < -0.39 is 0 Å². The number of hydrogen-bond donors (Lipinski definition) is 2. The van der Waals surface area contributed by atoms with Gasteiger partial charge in [-0.25, -0.2) is 9.97 Å². The number of aromatic nitrogens is 4. The summed E-state index contributed by atoms with van der Waals surface area (Å²) < 4.78 is 12.7. The number of nitrogens with zero attached hydrogens (tertiary/aromatic N) is 4. The van der Waals surface area contributed by atoms with Gasteiger partial charge < -0.3 is 20.1 Å². The van der Waals surface area contributed by atoms with Gasteiger partial charge in [-0.2, -0.15) is 5.10 Å². The molecular formula is C26H26N6O3. The zero-order valence-electron chi connectivity index (χ0n) is 19.8. The molecule has 1 aromatic carbocycles. The van der Waals surface area contributed by atoms with Crippen LogP contribution < -0.4 is 20.1 Å². The highest BCUT2D eigenvalue weighted by Gasteiger charge is 2.13. The predicted molar refractivity (Wildman–Crippen MR) is 133 cm³/mol. The molecule has 0 radical (unpaired) electrons. The lowest BCUT2D eigenvalue weighted by Gasteiger charge is -2.16. The smallest absolute Gasteiger partial charge is 0.275 e. The van der Waals surface area contributed by atoms with Gasteiger partial charge in [0.2, 0.25) is 5.88 Å². The van der Waals surface area contributed by atoms with Crippen LogP contribution in [0.5, 0.6) is 17.4 Å². The molecule has 0 atom stereocenters. The van der Waals surface area contributed by atoms with Gasteiger partial charge in [-0.15, -0.1) is 0 Å². The summed E-state index contributed by atoms with van der Waals surface area (Å²) >= 11 is 0. The Balaban J connectivity index is 1.43. The molecule has 2 N–H and O–H groups in total. The predicted octanol–water partition coefficient (Wildman–Crippen LogP) is 4.33. The van der Waals surface area contributed by atoms with Crippen molar-refractivity contribution in [3.8, 4) is 17.4 Å². The molecule has 0 fully saturated rings. The third-order valence-corrected chi connectivity index (χ3v) is 5.38. The molecule has 4 rings (SSSR count). The molecule has 0 aliphatic carbocycles. The summed E-state index contributed by atoms with van der Waals surface area (Å²) in [7, 11) is 3.29. The van der Waals surface area contributed by atoms with Gasteiger partial charge in [0.05, 0.1) is 7.11 Å². The first-order valence-corrected chi connectivity index (χ1v) is 10.9. The maximum Gasteiger partial charge on any atom is 0.275 e. The molecule has 0 spiro atoms. The van der Waals surface area contributed by atoms with Crippen molar-refractivity contribution in [2.24, 2.45) is 7.05 Å². The van der Waals surface area contributed by atoms with Crippen LogP contribution in [-0.2, 0) is 13.6 Å². The molecule has 0 unspecified atom stereocenters. The van der Waals surface area contributed by atoms with Gasteiger partial charge in [0.15, 0.2) is 0 Å². The maximum atomic E-state index is 12.5. The van der Waals surface area contributed by atoms with Crippen LogP contribution in [0.3, 0.4) is 0 Å². The Labute approximate surface area is 203 Å². The molecule has 0 saturated carbocycles. The van der Waals surface area contributed by atoms with Crippen molar-refractivity contribution in [2.75, 3.05) is 12.4 Å². The number of pyridine rings is 2. The highest BCUT2D eigenvalue weighted by molar-refractivity contribution is 6.02. The van der Waals surface area contributed by atoms with Crippen LogP contribution in [0.25, 0.3) is 5.70 Å². The molecule has 0 aliphatic heterocycles. The monoisotopic (exact) mass is 470 g/mol. The maximum absolute atomic E-state index is 12.5. The van der Waals surface area contributed by atoms with Crippen molar-refractivity contribution in [1.82, 2.24) is 25.1 Å². The van der Waals surface area contributed by atoms with Gasteiger partial charge in [-0.3, -0.25) is 9.48 Å². The standard InChI is InChI=1S/C26H26N6O3/c1-17-21(18(2)28-15-19-8-9-25(34-4)29-16-19)6-5-7-23(17)35-20-10-12-27-24(14-20)31-26(33)22-11-13-30-32(22)3/h5-14,16,28H,2,15H2,1,3-4H3,(H,27,31,33). The van der Waals surface area contributed by atoms with E-state index in [2.05, 4.69) is 32.3 Å². The number of ether oxygens (including phenoxy) is 2. The fraction of sp³-hybridized carbons (Fsp3) is 0.154. The van der Waals surface area contributed by atoms with Crippen LogP contribution in [0.4, 0.5) is 5.82 Å².